The van der Waals surface area contributed by atoms with Crippen LogP contribution in [0.1, 0.15) is 17.3 Å². The van der Waals surface area contributed by atoms with Crippen molar-refractivity contribution in [2.24, 2.45) is 0 Å². The van der Waals surface area contributed by atoms with Crippen LogP contribution in [0.2, 0.25) is 0 Å². The van der Waals surface area contributed by atoms with E-state index in [-0.39, 0.29) is 10.5 Å². The van der Waals surface area contributed by atoms with Crippen LogP contribution in [0.15, 0.2) is 24.3 Å². The highest BCUT2D eigenvalue weighted by Gasteiger charge is 2.05. The lowest BCUT2D eigenvalue weighted by atomic mass is 10.1. The lowest BCUT2D eigenvalue weighted by Gasteiger charge is -2.01. The molecular formula is C8H8BrNO2. The number of nitrogens with zero attached hydrogens (tertiary/aromatic N) is 1. The third-order valence-corrected chi connectivity index (χ3v) is 2.09. The molecule has 64 valence electrons. The Morgan fingerprint density at radius 1 is 1.42 bits per heavy atom. The Kier molecular flexibility index (Phi) is 2.81. The number of hydrogen-bond acceptors (Lipinski definition) is 2. The maximum absolute atomic E-state index is 10.3. The van der Waals surface area contributed by atoms with Gasteiger partial charge in [-0.05, 0) is 12.5 Å². The van der Waals surface area contributed by atoms with Crippen molar-refractivity contribution >= 4 is 21.6 Å². The van der Waals surface area contributed by atoms with Crippen molar-refractivity contribution in [3.8, 4) is 0 Å². The van der Waals surface area contributed by atoms with Gasteiger partial charge in [-0.3, -0.25) is 10.1 Å². The highest BCUT2D eigenvalue weighted by Crippen LogP contribution is 2.23. The third-order valence-electron chi connectivity index (χ3n) is 1.56. The second-order valence-electron chi connectivity index (χ2n) is 2.46. The summed E-state index contributed by atoms with van der Waals surface area (Å²) < 4.78 is 0. The van der Waals surface area contributed by atoms with E-state index in [1.807, 2.05) is 6.92 Å². The van der Waals surface area contributed by atoms with Gasteiger partial charge in [0.1, 0.15) is 0 Å². The van der Waals surface area contributed by atoms with E-state index in [0.717, 1.165) is 5.56 Å². The molecule has 1 rings (SSSR count). The van der Waals surface area contributed by atoms with E-state index in [2.05, 4.69) is 15.9 Å². The molecule has 0 N–H and O–H groups in total. The molecule has 1 aromatic rings. The summed E-state index contributed by atoms with van der Waals surface area (Å²) in [5.41, 5.74) is 1.17. The number of benzene rings is 1. The number of halogens is 1. The smallest absolute Gasteiger partial charge is 0.258 e. The number of nitro groups is 1. The number of non-ortho nitro benzene ring substituents is 1. The van der Waals surface area contributed by atoms with Crippen LogP contribution in [0.5, 0.6) is 0 Å². The molecule has 0 saturated heterocycles. The molecule has 0 radical (unpaired) electrons. The molecule has 1 aromatic carbocycles. The van der Waals surface area contributed by atoms with Gasteiger partial charge in [-0.2, -0.15) is 0 Å². The third kappa shape index (κ3) is 2.04. The molecule has 0 saturated carbocycles. The Morgan fingerprint density at radius 3 is 2.25 bits per heavy atom. The van der Waals surface area contributed by atoms with Crippen LogP contribution >= 0.6 is 15.9 Å². The highest BCUT2D eigenvalue weighted by atomic mass is 79.9. The van der Waals surface area contributed by atoms with E-state index < -0.39 is 4.92 Å². The molecule has 0 aliphatic rings. The fourth-order valence-corrected chi connectivity index (χ4v) is 1.17. The van der Waals surface area contributed by atoms with Gasteiger partial charge in [0, 0.05) is 17.0 Å². The van der Waals surface area contributed by atoms with E-state index in [0.29, 0.717) is 0 Å². The quantitative estimate of drug-likeness (QED) is 0.445. The van der Waals surface area contributed by atoms with Crippen LogP contribution in [0, 0.1) is 10.1 Å². The van der Waals surface area contributed by atoms with Gasteiger partial charge in [0.15, 0.2) is 0 Å². The van der Waals surface area contributed by atoms with Gasteiger partial charge >= 0.3 is 0 Å². The molecule has 12 heavy (non-hydrogen) atoms. The van der Waals surface area contributed by atoms with Crippen molar-refractivity contribution in [1.82, 2.24) is 0 Å². The zero-order valence-corrected chi connectivity index (χ0v) is 8.11. The molecule has 0 bridgehead atoms. The maximum Gasteiger partial charge on any atom is 0.269 e. The maximum atomic E-state index is 10.3. The predicted molar refractivity (Wildman–Crippen MR) is 50.4 cm³/mol. The summed E-state index contributed by atoms with van der Waals surface area (Å²) in [5.74, 6) is 0. The number of alkyl halides is 1. The van der Waals surface area contributed by atoms with Gasteiger partial charge in [0.25, 0.3) is 5.69 Å². The van der Waals surface area contributed by atoms with E-state index in [1.54, 1.807) is 12.1 Å². The monoisotopic (exact) mass is 229 g/mol. The largest absolute Gasteiger partial charge is 0.269 e. The first-order chi connectivity index (χ1) is 5.61. The zero-order chi connectivity index (χ0) is 9.14. The molecule has 0 aliphatic heterocycles. The first-order valence-corrected chi connectivity index (χ1v) is 4.41. The van der Waals surface area contributed by atoms with Crippen LogP contribution in [0.3, 0.4) is 0 Å². The molecule has 0 heterocycles. The van der Waals surface area contributed by atoms with Crippen LogP contribution in [0.25, 0.3) is 0 Å². The molecule has 0 unspecified atom stereocenters. The minimum absolute atomic E-state index is 0.131. The van der Waals surface area contributed by atoms with Crippen molar-refractivity contribution in [1.29, 1.82) is 0 Å². The van der Waals surface area contributed by atoms with E-state index >= 15 is 0 Å². The minimum Gasteiger partial charge on any atom is -0.258 e. The second kappa shape index (κ2) is 3.67. The predicted octanol–water partition coefficient (Wildman–Crippen LogP) is 3.05. The van der Waals surface area contributed by atoms with E-state index in [4.69, 9.17) is 0 Å². The van der Waals surface area contributed by atoms with Crippen LogP contribution in [0.4, 0.5) is 5.69 Å². The molecule has 1 atom stereocenters. The minimum atomic E-state index is -0.400. The lowest BCUT2D eigenvalue weighted by molar-refractivity contribution is -0.384. The van der Waals surface area contributed by atoms with Crippen LogP contribution < -0.4 is 0 Å². The fourth-order valence-electron chi connectivity index (χ4n) is 0.861. The normalized spacial score (nSPS) is 12.5. The van der Waals surface area contributed by atoms with Gasteiger partial charge in [-0.1, -0.05) is 28.1 Å². The molecule has 0 aliphatic carbocycles. The summed E-state index contributed by atoms with van der Waals surface area (Å²) >= 11 is 3.37. The molecule has 0 spiro atoms. The Balaban J connectivity index is 2.93. The Bertz CT molecular complexity index is 282. The molecule has 0 amide bonds. The fraction of sp³-hybridized carbons (Fsp3) is 0.250. The summed E-state index contributed by atoms with van der Waals surface area (Å²) in [5, 5.41) is 10.3. The van der Waals surface area contributed by atoms with Gasteiger partial charge in [-0.25, -0.2) is 0 Å². The molecular weight excluding hydrogens is 222 g/mol. The van der Waals surface area contributed by atoms with Gasteiger partial charge < -0.3 is 0 Å². The average Bonchev–Trinajstić information content (AvgIpc) is 2.04. The van der Waals surface area contributed by atoms with Crippen molar-refractivity contribution in [3.63, 3.8) is 0 Å². The van der Waals surface area contributed by atoms with E-state index in [9.17, 15) is 10.1 Å². The zero-order valence-electron chi connectivity index (χ0n) is 6.53. The number of rotatable bonds is 2. The highest BCUT2D eigenvalue weighted by molar-refractivity contribution is 9.09. The summed E-state index contributed by atoms with van der Waals surface area (Å²) in [6, 6.07) is 6.51. The Hall–Kier alpha value is -0.900. The number of nitro benzene ring substituents is 1. The molecule has 0 aromatic heterocycles. The van der Waals surface area contributed by atoms with Crippen LogP contribution in [-0.4, -0.2) is 4.92 Å². The van der Waals surface area contributed by atoms with Crippen molar-refractivity contribution in [2.75, 3.05) is 0 Å². The summed E-state index contributed by atoms with van der Waals surface area (Å²) in [7, 11) is 0. The summed E-state index contributed by atoms with van der Waals surface area (Å²) in [6.07, 6.45) is 0. The average molecular weight is 230 g/mol. The van der Waals surface area contributed by atoms with Crippen molar-refractivity contribution in [2.45, 2.75) is 11.8 Å². The SMILES string of the molecule is C[C@@H](Br)c1ccc([N+](=O)[O-])cc1. The lowest BCUT2D eigenvalue weighted by Crippen LogP contribution is -1.88. The second-order valence-corrected chi connectivity index (χ2v) is 3.84. The molecule has 4 heteroatoms. The molecule has 3 nitrogen and oxygen atoms in total. The van der Waals surface area contributed by atoms with Crippen molar-refractivity contribution < 1.29 is 4.92 Å². The first kappa shape index (κ1) is 9.19. The Labute approximate surface area is 78.7 Å². The van der Waals surface area contributed by atoms with Gasteiger partial charge in [0.2, 0.25) is 0 Å². The van der Waals surface area contributed by atoms with Gasteiger partial charge in [-0.15, -0.1) is 0 Å². The standard InChI is InChI=1S/C8H8BrNO2/c1-6(9)7-2-4-8(5-3-7)10(11)12/h2-6H,1H3/t6-/m1/s1. The Morgan fingerprint density at radius 2 is 1.92 bits per heavy atom. The van der Waals surface area contributed by atoms with E-state index in [1.165, 1.54) is 12.1 Å². The van der Waals surface area contributed by atoms with Crippen LogP contribution in [-0.2, 0) is 0 Å². The summed E-state index contributed by atoms with van der Waals surface area (Å²) in [6.45, 7) is 1.97. The first-order valence-electron chi connectivity index (χ1n) is 3.49. The topological polar surface area (TPSA) is 43.1 Å². The number of hydrogen-bond donors (Lipinski definition) is 0. The van der Waals surface area contributed by atoms with Gasteiger partial charge in [0.05, 0.1) is 4.92 Å². The summed E-state index contributed by atoms with van der Waals surface area (Å²) in [4.78, 5) is 10.1. The molecule has 0 fully saturated rings. The van der Waals surface area contributed by atoms with Crippen molar-refractivity contribution in [3.05, 3.63) is 39.9 Å².